The molecule has 0 saturated carbocycles. The van der Waals surface area contributed by atoms with Gasteiger partial charge >= 0.3 is 0 Å². The van der Waals surface area contributed by atoms with Crippen molar-refractivity contribution in [3.05, 3.63) is 30.6 Å². The van der Waals surface area contributed by atoms with Crippen molar-refractivity contribution in [1.29, 1.82) is 0 Å². The van der Waals surface area contributed by atoms with Crippen LogP contribution in [0.4, 0.5) is 0 Å². The van der Waals surface area contributed by atoms with Crippen molar-refractivity contribution in [3.8, 4) is 0 Å². The number of hydrogen-bond donors (Lipinski definition) is 0. The summed E-state index contributed by atoms with van der Waals surface area (Å²) < 4.78 is 36.0. The standard InChI is InChI=1S/C21H37NO3S/c1-2-3-4-5-6-7-8-9-10-11-12-13-15-18-21(26(23,24)25)22-19-16-14-17-20-22/h14,16-17,19-21H,2-13,15,18H2,1H3. The van der Waals surface area contributed by atoms with Crippen LogP contribution in [0.15, 0.2) is 30.6 Å². The average Bonchev–Trinajstić information content (AvgIpc) is 2.62. The number of nitrogens with zero attached hydrogens (tertiary/aromatic N) is 1. The Hall–Kier alpha value is -0.940. The first-order valence-corrected chi connectivity index (χ1v) is 11.9. The number of unbranched alkanes of at least 4 members (excludes halogenated alkanes) is 12. The average molecular weight is 384 g/mol. The molecule has 1 aromatic heterocycles. The highest BCUT2D eigenvalue weighted by molar-refractivity contribution is 7.85. The van der Waals surface area contributed by atoms with Gasteiger partial charge in [0.05, 0.1) is 0 Å². The van der Waals surface area contributed by atoms with E-state index in [1.54, 1.807) is 24.5 Å². The third-order valence-corrected chi connectivity index (χ3v) is 6.10. The van der Waals surface area contributed by atoms with Gasteiger partial charge in [0.15, 0.2) is 22.5 Å². The van der Waals surface area contributed by atoms with E-state index in [1.807, 2.05) is 6.07 Å². The van der Waals surface area contributed by atoms with Crippen LogP contribution < -0.4 is 4.57 Å². The van der Waals surface area contributed by atoms with Crippen LogP contribution >= 0.6 is 0 Å². The predicted molar refractivity (Wildman–Crippen MR) is 106 cm³/mol. The van der Waals surface area contributed by atoms with Crippen molar-refractivity contribution in [2.45, 2.75) is 102 Å². The molecule has 0 radical (unpaired) electrons. The van der Waals surface area contributed by atoms with E-state index in [0.29, 0.717) is 6.42 Å². The first kappa shape index (κ1) is 23.1. The Balaban J connectivity index is 2.05. The van der Waals surface area contributed by atoms with E-state index in [2.05, 4.69) is 6.92 Å². The van der Waals surface area contributed by atoms with Gasteiger partial charge in [-0.2, -0.15) is 4.57 Å². The van der Waals surface area contributed by atoms with E-state index in [1.165, 1.54) is 68.8 Å². The molecule has 0 amide bonds. The molecule has 0 bridgehead atoms. The predicted octanol–water partition coefficient (Wildman–Crippen LogP) is 5.50. The van der Waals surface area contributed by atoms with E-state index >= 15 is 0 Å². The van der Waals surface area contributed by atoms with Crippen molar-refractivity contribution in [3.63, 3.8) is 0 Å². The Kier molecular flexibility index (Phi) is 12.6. The van der Waals surface area contributed by atoms with Gasteiger partial charge in [0.2, 0.25) is 5.37 Å². The van der Waals surface area contributed by atoms with Gasteiger partial charge in [-0.05, 0) is 6.42 Å². The summed E-state index contributed by atoms with van der Waals surface area (Å²) in [5.74, 6) is 0. The van der Waals surface area contributed by atoms with Crippen molar-refractivity contribution < 1.29 is 17.5 Å². The zero-order valence-corrected chi connectivity index (χ0v) is 17.3. The Morgan fingerprint density at radius 1 is 0.731 bits per heavy atom. The van der Waals surface area contributed by atoms with Gasteiger partial charge in [-0.15, -0.1) is 0 Å². The minimum absolute atomic E-state index is 0.401. The fraction of sp³-hybridized carbons (Fsp3) is 0.762. The highest BCUT2D eigenvalue weighted by Crippen LogP contribution is 2.17. The SMILES string of the molecule is CCCCCCCCCCCCCCCC([n+]1ccccc1)S(=O)(=O)[O-]. The molecule has 1 atom stereocenters. The molecule has 1 rings (SSSR count). The van der Waals surface area contributed by atoms with Crippen LogP contribution in [0.5, 0.6) is 0 Å². The highest BCUT2D eigenvalue weighted by atomic mass is 32.2. The van der Waals surface area contributed by atoms with Crippen LogP contribution in [0.3, 0.4) is 0 Å². The summed E-state index contributed by atoms with van der Waals surface area (Å²) in [6, 6.07) is 5.32. The van der Waals surface area contributed by atoms with Crippen molar-refractivity contribution in [2.75, 3.05) is 0 Å². The lowest BCUT2D eigenvalue weighted by Gasteiger charge is -2.15. The van der Waals surface area contributed by atoms with Crippen LogP contribution in [0.2, 0.25) is 0 Å². The van der Waals surface area contributed by atoms with Crippen molar-refractivity contribution >= 4 is 10.1 Å². The molecule has 1 unspecified atom stereocenters. The lowest BCUT2D eigenvalue weighted by atomic mass is 10.0. The maximum Gasteiger partial charge on any atom is 0.245 e. The lowest BCUT2D eigenvalue weighted by Crippen LogP contribution is -2.43. The topological polar surface area (TPSA) is 61.1 Å². The second kappa shape index (κ2) is 14.2. The van der Waals surface area contributed by atoms with Crippen LogP contribution in [0.25, 0.3) is 0 Å². The Labute approximate surface area is 160 Å². The minimum atomic E-state index is -4.32. The highest BCUT2D eigenvalue weighted by Gasteiger charge is 2.24. The molecule has 0 aliphatic heterocycles. The molecule has 0 saturated heterocycles. The molecule has 150 valence electrons. The summed E-state index contributed by atoms with van der Waals surface area (Å²) in [4.78, 5) is 0. The monoisotopic (exact) mass is 383 g/mol. The van der Waals surface area contributed by atoms with E-state index in [4.69, 9.17) is 0 Å². The maximum atomic E-state index is 11.5. The molecule has 1 heterocycles. The number of aromatic nitrogens is 1. The molecule has 0 aromatic carbocycles. The Bertz CT molecular complexity index is 546. The van der Waals surface area contributed by atoms with Crippen LogP contribution in [0, 0.1) is 0 Å². The van der Waals surface area contributed by atoms with Gasteiger partial charge < -0.3 is 4.55 Å². The lowest BCUT2D eigenvalue weighted by molar-refractivity contribution is -0.703. The van der Waals surface area contributed by atoms with Crippen LogP contribution in [0.1, 0.15) is 102 Å². The molecule has 26 heavy (non-hydrogen) atoms. The summed E-state index contributed by atoms with van der Waals surface area (Å²) in [5.41, 5.74) is 0. The second-order valence-corrected chi connectivity index (χ2v) is 8.83. The summed E-state index contributed by atoms with van der Waals surface area (Å²) in [6.45, 7) is 2.25. The zero-order valence-electron chi connectivity index (χ0n) is 16.4. The van der Waals surface area contributed by atoms with E-state index < -0.39 is 15.5 Å². The maximum absolute atomic E-state index is 11.5. The summed E-state index contributed by atoms with van der Waals surface area (Å²) >= 11 is 0. The third kappa shape index (κ3) is 10.9. The van der Waals surface area contributed by atoms with Crippen molar-refractivity contribution in [2.24, 2.45) is 0 Å². The fourth-order valence-corrected chi connectivity index (χ4v) is 4.28. The van der Waals surface area contributed by atoms with E-state index in [9.17, 15) is 13.0 Å². The first-order chi connectivity index (χ1) is 12.6. The fourth-order valence-electron chi connectivity index (χ4n) is 3.38. The summed E-state index contributed by atoms with van der Waals surface area (Å²) in [6.07, 6.45) is 19.9. The van der Waals surface area contributed by atoms with Crippen LogP contribution in [-0.2, 0) is 10.1 Å². The summed E-state index contributed by atoms with van der Waals surface area (Å²) in [5, 5.41) is -0.976. The molecule has 5 heteroatoms. The molecule has 0 aliphatic rings. The van der Waals surface area contributed by atoms with Crippen LogP contribution in [-0.4, -0.2) is 13.0 Å². The summed E-state index contributed by atoms with van der Waals surface area (Å²) in [7, 11) is -4.32. The molecule has 0 N–H and O–H groups in total. The smallest absolute Gasteiger partial charge is 0.245 e. The van der Waals surface area contributed by atoms with Crippen molar-refractivity contribution in [1.82, 2.24) is 0 Å². The normalized spacial score (nSPS) is 13.0. The number of pyridine rings is 1. The Morgan fingerprint density at radius 3 is 1.58 bits per heavy atom. The van der Waals surface area contributed by atoms with Gasteiger partial charge in [-0.1, -0.05) is 90.0 Å². The quantitative estimate of drug-likeness (QED) is 0.215. The van der Waals surface area contributed by atoms with Gasteiger partial charge in [-0.25, -0.2) is 8.42 Å². The first-order valence-electron chi connectivity index (χ1n) is 10.5. The van der Waals surface area contributed by atoms with E-state index in [-0.39, 0.29) is 0 Å². The Morgan fingerprint density at radius 2 is 1.15 bits per heavy atom. The molecule has 0 fully saturated rings. The van der Waals surface area contributed by atoms with Gasteiger partial charge in [-0.3, -0.25) is 0 Å². The number of rotatable bonds is 16. The largest absolute Gasteiger partial charge is 0.743 e. The third-order valence-electron chi connectivity index (χ3n) is 4.96. The number of hydrogen-bond acceptors (Lipinski definition) is 3. The molecule has 4 nitrogen and oxygen atoms in total. The molecule has 0 spiro atoms. The van der Waals surface area contributed by atoms with E-state index in [0.717, 1.165) is 19.3 Å². The molecule has 1 aromatic rings. The minimum Gasteiger partial charge on any atom is -0.743 e. The van der Waals surface area contributed by atoms with Gasteiger partial charge in [0.25, 0.3) is 0 Å². The zero-order chi connectivity index (χ0) is 19.1. The second-order valence-electron chi connectivity index (χ2n) is 7.30. The van der Waals surface area contributed by atoms with Gasteiger partial charge in [0.1, 0.15) is 0 Å². The van der Waals surface area contributed by atoms with Gasteiger partial charge in [0, 0.05) is 18.6 Å². The molecule has 0 aliphatic carbocycles. The molecular formula is C21H37NO3S. The molecular weight excluding hydrogens is 346 g/mol.